The van der Waals surface area contributed by atoms with Crippen molar-refractivity contribution >= 4 is 0 Å². The van der Waals surface area contributed by atoms with Gasteiger partial charge >= 0.3 is 0 Å². The van der Waals surface area contributed by atoms with Crippen molar-refractivity contribution in [3.05, 3.63) is 0 Å². The van der Waals surface area contributed by atoms with Gasteiger partial charge < -0.3 is 19.3 Å². The molecular formula is C11H19FO4. The van der Waals surface area contributed by atoms with Crippen LogP contribution in [0.15, 0.2) is 0 Å². The van der Waals surface area contributed by atoms with Crippen LogP contribution in [0.1, 0.15) is 26.2 Å². The summed E-state index contributed by atoms with van der Waals surface area (Å²) in [4.78, 5) is 0. The van der Waals surface area contributed by atoms with Crippen LogP contribution in [0.5, 0.6) is 0 Å². The molecule has 0 amide bonds. The predicted molar refractivity (Wildman–Crippen MR) is 54.8 cm³/mol. The van der Waals surface area contributed by atoms with Gasteiger partial charge in [0.25, 0.3) is 0 Å². The fourth-order valence-corrected chi connectivity index (χ4v) is 2.16. The van der Waals surface area contributed by atoms with Crippen molar-refractivity contribution in [1.29, 1.82) is 0 Å². The lowest BCUT2D eigenvalue weighted by Gasteiger charge is -2.26. The molecule has 4 atom stereocenters. The first kappa shape index (κ1) is 12.2. The Balaban J connectivity index is 2.03. The van der Waals surface area contributed by atoms with Gasteiger partial charge in [0, 0.05) is 13.2 Å². The molecule has 0 unspecified atom stereocenters. The number of halogens is 1. The SMILES string of the molecule is C[C@]1(F)[C@H](O)O[C@@H]2COCCCCCO[C@H]21. The first-order valence-electron chi connectivity index (χ1n) is 5.84. The number of ether oxygens (including phenoxy) is 3. The molecule has 0 aromatic carbocycles. The third-order valence-corrected chi connectivity index (χ3v) is 3.19. The predicted octanol–water partition coefficient (Wildman–Crippen LogP) is 1.02. The van der Waals surface area contributed by atoms with Crippen molar-refractivity contribution in [3.63, 3.8) is 0 Å². The van der Waals surface area contributed by atoms with Gasteiger partial charge in [0.1, 0.15) is 12.2 Å². The van der Waals surface area contributed by atoms with E-state index in [0.717, 1.165) is 19.3 Å². The first-order chi connectivity index (χ1) is 7.62. The summed E-state index contributed by atoms with van der Waals surface area (Å²) in [5.41, 5.74) is -1.85. The maximum absolute atomic E-state index is 14.1. The van der Waals surface area contributed by atoms with Crippen molar-refractivity contribution in [2.45, 2.75) is 50.4 Å². The van der Waals surface area contributed by atoms with Gasteiger partial charge in [0.15, 0.2) is 12.0 Å². The zero-order valence-corrected chi connectivity index (χ0v) is 9.52. The highest BCUT2D eigenvalue weighted by molar-refractivity contribution is 4.98. The number of aliphatic hydroxyl groups excluding tert-OH is 1. The van der Waals surface area contributed by atoms with Crippen LogP contribution in [-0.2, 0) is 14.2 Å². The Labute approximate surface area is 94.7 Å². The number of fused-ring (bicyclic) bond motifs is 1. The normalized spacial score (nSPS) is 46.3. The maximum atomic E-state index is 14.1. The van der Waals surface area contributed by atoms with Gasteiger partial charge in [0.05, 0.1) is 6.61 Å². The van der Waals surface area contributed by atoms with Gasteiger partial charge in [-0.25, -0.2) is 4.39 Å². The molecule has 0 spiro atoms. The van der Waals surface area contributed by atoms with Gasteiger partial charge in [-0.05, 0) is 26.2 Å². The van der Waals surface area contributed by atoms with Crippen LogP contribution in [0.25, 0.3) is 0 Å². The Hall–Kier alpha value is -0.230. The molecule has 0 aromatic heterocycles. The average Bonchev–Trinajstić information content (AvgIpc) is 2.46. The molecule has 0 saturated carbocycles. The second-order valence-electron chi connectivity index (χ2n) is 4.61. The topological polar surface area (TPSA) is 47.9 Å². The fraction of sp³-hybridized carbons (Fsp3) is 1.00. The van der Waals surface area contributed by atoms with Gasteiger partial charge in [-0.3, -0.25) is 0 Å². The molecule has 2 rings (SSSR count). The van der Waals surface area contributed by atoms with E-state index in [1.807, 2.05) is 0 Å². The van der Waals surface area contributed by atoms with E-state index in [0.29, 0.717) is 13.2 Å². The van der Waals surface area contributed by atoms with Crippen molar-refractivity contribution < 1.29 is 23.7 Å². The second-order valence-corrected chi connectivity index (χ2v) is 4.61. The largest absolute Gasteiger partial charge is 0.379 e. The molecular weight excluding hydrogens is 215 g/mol. The average molecular weight is 234 g/mol. The molecule has 0 aromatic rings. The number of hydrogen-bond donors (Lipinski definition) is 1. The van der Waals surface area contributed by atoms with Crippen molar-refractivity contribution in [2.75, 3.05) is 19.8 Å². The third-order valence-electron chi connectivity index (χ3n) is 3.19. The van der Waals surface area contributed by atoms with E-state index in [-0.39, 0.29) is 6.61 Å². The van der Waals surface area contributed by atoms with Crippen LogP contribution in [0, 0.1) is 0 Å². The minimum atomic E-state index is -1.85. The van der Waals surface area contributed by atoms with Crippen molar-refractivity contribution in [2.24, 2.45) is 0 Å². The molecule has 0 bridgehead atoms. The summed E-state index contributed by atoms with van der Waals surface area (Å²) in [6, 6.07) is 0. The Kier molecular flexibility index (Phi) is 3.79. The van der Waals surface area contributed by atoms with Crippen LogP contribution in [-0.4, -0.2) is 49.1 Å². The number of alkyl halides is 1. The lowest BCUT2D eigenvalue weighted by Crippen LogP contribution is -2.44. The zero-order valence-electron chi connectivity index (χ0n) is 9.52. The summed E-state index contributed by atoms with van der Waals surface area (Å²) in [5, 5.41) is 9.48. The molecule has 0 radical (unpaired) electrons. The highest BCUT2D eigenvalue weighted by Gasteiger charge is 2.55. The van der Waals surface area contributed by atoms with Crippen LogP contribution in [0.4, 0.5) is 4.39 Å². The number of hydrogen-bond acceptors (Lipinski definition) is 4. The van der Waals surface area contributed by atoms with Crippen LogP contribution in [0.3, 0.4) is 0 Å². The Morgan fingerprint density at radius 1 is 1.25 bits per heavy atom. The lowest BCUT2D eigenvalue weighted by atomic mass is 9.99. The highest BCUT2D eigenvalue weighted by Crippen LogP contribution is 2.35. The van der Waals surface area contributed by atoms with Crippen LogP contribution in [0.2, 0.25) is 0 Å². The van der Waals surface area contributed by atoms with Crippen LogP contribution >= 0.6 is 0 Å². The van der Waals surface area contributed by atoms with E-state index < -0.39 is 24.2 Å². The molecule has 94 valence electrons. The molecule has 2 saturated heterocycles. The first-order valence-corrected chi connectivity index (χ1v) is 5.84. The van der Waals surface area contributed by atoms with Gasteiger partial charge in [-0.15, -0.1) is 0 Å². The molecule has 2 fully saturated rings. The summed E-state index contributed by atoms with van der Waals surface area (Å²) >= 11 is 0. The number of rotatable bonds is 0. The van der Waals surface area contributed by atoms with Crippen molar-refractivity contribution in [1.82, 2.24) is 0 Å². The minimum absolute atomic E-state index is 0.279. The van der Waals surface area contributed by atoms with Gasteiger partial charge in [0.2, 0.25) is 0 Å². The van der Waals surface area contributed by atoms with Crippen LogP contribution < -0.4 is 0 Å². The molecule has 2 aliphatic rings. The fourth-order valence-electron chi connectivity index (χ4n) is 2.16. The molecule has 2 heterocycles. The Bertz CT molecular complexity index is 234. The summed E-state index contributed by atoms with van der Waals surface area (Å²) in [6.45, 7) is 2.76. The van der Waals surface area contributed by atoms with E-state index in [4.69, 9.17) is 14.2 Å². The monoisotopic (exact) mass is 234 g/mol. The highest BCUT2D eigenvalue weighted by atomic mass is 19.1. The maximum Gasteiger partial charge on any atom is 0.192 e. The van der Waals surface area contributed by atoms with E-state index in [1.54, 1.807) is 0 Å². The van der Waals surface area contributed by atoms with E-state index >= 15 is 0 Å². The summed E-state index contributed by atoms with van der Waals surface area (Å²) in [6.07, 6.45) is 0.217. The smallest absolute Gasteiger partial charge is 0.192 e. The summed E-state index contributed by atoms with van der Waals surface area (Å²) in [5.74, 6) is 0. The van der Waals surface area contributed by atoms with E-state index in [9.17, 15) is 9.50 Å². The molecule has 16 heavy (non-hydrogen) atoms. The van der Waals surface area contributed by atoms with Gasteiger partial charge in [-0.1, -0.05) is 0 Å². The molecule has 2 aliphatic heterocycles. The minimum Gasteiger partial charge on any atom is -0.379 e. The standard InChI is InChI=1S/C11H19FO4/c1-11(12)9-8(16-10(11)13)7-14-5-3-2-4-6-15-9/h8-10,13H,2-7H2,1H3/t8-,9-,10-,11-/m1/s1. The Morgan fingerprint density at radius 3 is 2.81 bits per heavy atom. The quantitative estimate of drug-likeness (QED) is 0.679. The molecule has 4 nitrogen and oxygen atoms in total. The molecule has 1 N–H and O–H groups in total. The number of aliphatic hydroxyl groups is 1. The Morgan fingerprint density at radius 2 is 2.00 bits per heavy atom. The second kappa shape index (κ2) is 4.96. The van der Waals surface area contributed by atoms with E-state index in [2.05, 4.69) is 0 Å². The van der Waals surface area contributed by atoms with Gasteiger partial charge in [-0.2, -0.15) is 0 Å². The van der Waals surface area contributed by atoms with Crippen molar-refractivity contribution in [3.8, 4) is 0 Å². The molecule has 0 aliphatic carbocycles. The zero-order chi connectivity index (χ0) is 11.6. The summed E-state index contributed by atoms with van der Waals surface area (Å²) < 4.78 is 30.1. The molecule has 5 heteroatoms. The summed E-state index contributed by atoms with van der Waals surface area (Å²) in [7, 11) is 0. The van der Waals surface area contributed by atoms with E-state index in [1.165, 1.54) is 6.92 Å². The lowest BCUT2D eigenvalue weighted by molar-refractivity contribution is -0.146. The third kappa shape index (κ3) is 2.37.